The van der Waals surface area contributed by atoms with Gasteiger partial charge < -0.3 is 5.73 Å². The van der Waals surface area contributed by atoms with E-state index in [9.17, 15) is 0 Å². The maximum absolute atomic E-state index is 6.31. The average Bonchev–Trinajstić information content (AvgIpc) is 2.49. The number of fused-ring (bicyclic) bond motifs is 1. The molecule has 0 spiro atoms. The fourth-order valence-corrected chi connectivity index (χ4v) is 2.64. The van der Waals surface area contributed by atoms with Crippen LogP contribution in [-0.2, 0) is 0 Å². The quantitative estimate of drug-likeness (QED) is 0.752. The minimum atomic E-state index is -0.326. The Kier molecular flexibility index (Phi) is 3.62. The van der Waals surface area contributed by atoms with Gasteiger partial charge >= 0.3 is 0 Å². The van der Waals surface area contributed by atoms with E-state index in [4.69, 9.17) is 28.9 Å². The van der Waals surface area contributed by atoms with E-state index < -0.39 is 0 Å². The molecule has 0 saturated carbocycles. The number of nitrogens with zero attached hydrogens (tertiary/aromatic N) is 1. The lowest BCUT2D eigenvalue weighted by atomic mass is 9.98. The second-order valence-corrected chi connectivity index (χ2v) is 5.36. The first-order valence-electron chi connectivity index (χ1n) is 6.21. The molecule has 1 heterocycles. The van der Waals surface area contributed by atoms with Crippen LogP contribution in [0.5, 0.6) is 0 Å². The SMILES string of the molecule is NC(c1ccc2cccnc2c1)c1cccc(Cl)c1Cl. The predicted molar refractivity (Wildman–Crippen MR) is 84.2 cm³/mol. The number of hydrogen-bond donors (Lipinski definition) is 1. The van der Waals surface area contributed by atoms with Crippen molar-refractivity contribution in [2.45, 2.75) is 6.04 Å². The topological polar surface area (TPSA) is 38.9 Å². The lowest BCUT2D eigenvalue weighted by molar-refractivity contribution is 0.873. The third kappa shape index (κ3) is 2.38. The molecule has 20 heavy (non-hydrogen) atoms. The van der Waals surface area contributed by atoms with Gasteiger partial charge in [0.15, 0.2) is 0 Å². The molecule has 2 nitrogen and oxygen atoms in total. The van der Waals surface area contributed by atoms with Crippen molar-refractivity contribution in [2.24, 2.45) is 5.73 Å². The number of pyridine rings is 1. The summed E-state index contributed by atoms with van der Waals surface area (Å²) >= 11 is 12.3. The summed E-state index contributed by atoms with van der Waals surface area (Å²) in [7, 11) is 0. The van der Waals surface area contributed by atoms with Crippen molar-refractivity contribution in [1.29, 1.82) is 0 Å². The van der Waals surface area contributed by atoms with Crippen LogP contribution in [0.25, 0.3) is 10.9 Å². The zero-order chi connectivity index (χ0) is 14.1. The molecule has 2 aromatic carbocycles. The number of benzene rings is 2. The Morgan fingerprint density at radius 2 is 1.85 bits per heavy atom. The van der Waals surface area contributed by atoms with Gasteiger partial charge in [0.2, 0.25) is 0 Å². The first-order chi connectivity index (χ1) is 9.66. The zero-order valence-electron chi connectivity index (χ0n) is 10.6. The molecular weight excluding hydrogens is 291 g/mol. The zero-order valence-corrected chi connectivity index (χ0v) is 12.1. The average molecular weight is 303 g/mol. The molecule has 0 saturated heterocycles. The van der Waals surface area contributed by atoms with Gasteiger partial charge in [-0.1, -0.05) is 53.5 Å². The molecule has 0 aliphatic carbocycles. The van der Waals surface area contributed by atoms with Gasteiger partial charge in [0, 0.05) is 11.6 Å². The largest absolute Gasteiger partial charge is 0.320 e. The molecule has 1 atom stereocenters. The summed E-state index contributed by atoms with van der Waals surface area (Å²) in [5.74, 6) is 0. The van der Waals surface area contributed by atoms with Crippen LogP contribution in [-0.4, -0.2) is 4.98 Å². The smallest absolute Gasteiger partial charge is 0.0705 e. The monoisotopic (exact) mass is 302 g/mol. The first-order valence-corrected chi connectivity index (χ1v) is 6.96. The highest BCUT2D eigenvalue weighted by Crippen LogP contribution is 2.32. The lowest BCUT2D eigenvalue weighted by Crippen LogP contribution is -2.12. The van der Waals surface area contributed by atoms with E-state index in [1.54, 1.807) is 12.3 Å². The molecule has 1 unspecified atom stereocenters. The second kappa shape index (κ2) is 5.41. The molecule has 0 aliphatic heterocycles. The molecule has 0 bridgehead atoms. The Bertz CT molecular complexity index is 771. The Labute approximate surface area is 127 Å². The van der Waals surface area contributed by atoms with Gasteiger partial charge in [-0.05, 0) is 29.3 Å². The molecular formula is C16H12Cl2N2. The van der Waals surface area contributed by atoms with Crippen molar-refractivity contribution in [3.8, 4) is 0 Å². The van der Waals surface area contributed by atoms with E-state index in [0.717, 1.165) is 22.0 Å². The van der Waals surface area contributed by atoms with Crippen LogP contribution in [0.4, 0.5) is 0 Å². The normalized spacial score (nSPS) is 12.6. The van der Waals surface area contributed by atoms with E-state index in [-0.39, 0.29) is 6.04 Å². The van der Waals surface area contributed by atoms with E-state index >= 15 is 0 Å². The van der Waals surface area contributed by atoms with Crippen LogP contribution < -0.4 is 5.73 Å². The van der Waals surface area contributed by atoms with Crippen LogP contribution in [0.2, 0.25) is 10.0 Å². The maximum atomic E-state index is 6.31. The van der Waals surface area contributed by atoms with Crippen LogP contribution in [0, 0.1) is 0 Å². The molecule has 1 aromatic heterocycles. The van der Waals surface area contributed by atoms with Crippen molar-refractivity contribution >= 4 is 34.1 Å². The number of aromatic nitrogens is 1. The number of halogens is 2. The van der Waals surface area contributed by atoms with Crippen molar-refractivity contribution in [1.82, 2.24) is 4.98 Å². The van der Waals surface area contributed by atoms with Crippen molar-refractivity contribution < 1.29 is 0 Å². The van der Waals surface area contributed by atoms with Crippen molar-refractivity contribution in [3.05, 3.63) is 75.9 Å². The van der Waals surface area contributed by atoms with Gasteiger partial charge in [-0.2, -0.15) is 0 Å². The standard InChI is InChI=1S/C16H12Cl2N2/c17-13-5-1-4-12(15(13)18)16(19)11-7-6-10-3-2-8-20-14(10)9-11/h1-9,16H,19H2. The van der Waals surface area contributed by atoms with Gasteiger partial charge in [-0.3, -0.25) is 4.98 Å². The van der Waals surface area contributed by atoms with Crippen LogP contribution in [0.15, 0.2) is 54.7 Å². The summed E-state index contributed by atoms with van der Waals surface area (Å²) in [6.45, 7) is 0. The Hall–Kier alpha value is -1.61. The molecule has 100 valence electrons. The Morgan fingerprint density at radius 3 is 2.70 bits per heavy atom. The Balaban J connectivity index is 2.08. The van der Waals surface area contributed by atoms with E-state index in [2.05, 4.69) is 4.98 Å². The van der Waals surface area contributed by atoms with Crippen molar-refractivity contribution in [3.63, 3.8) is 0 Å². The van der Waals surface area contributed by atoms with Gasteiger partial charge in [0.05, 0.1) is 21.6 Å². The molecule has 3 rings (SSSR count). The lowest BCUT2D eigenvalue weighted by Gasteiger charge is -2.15. The third-order valence-electron chi connectivity index (χ3n) is 3.31. The van der Waals surface area contributed by atoms with Gasteiger partial charge in [0.25, 0.3) is 0 Å². The summed E-state index contributed by atoms with van der Waals surface area (Å²) in [6, 6.07) is 15.1. The van der Waals surface area contributed by atoms with Crippen LogP contribution in [0.3, 0.4) is 0 Å². The predicted octanol–water partition coefficient (Wildman–Crippen LogP) is 4.59. The molecule has 0 aliphatic rings. The van der Waals surface area contributed by atoms with E-state index in [1.807, 2.05) is 42.5 Å². The fraction of sp³-hybridized carbons (Fsp3) is 0.0625. The second-order valence-electron chi connectivity index (χ2n) is 4.58. The van der Waals surface area contributed by atoms with E-state index in [0.29, 0.717) is 10.0 Å². The Morgan fingerprint density at radius 1 is 1.00 bits per heavy atom. The molecule has 0 amide bonds. The highest BCUT2D eigenvalue weighted by molar-refractivity contribution is 6.42. The molecule has 0 fully saturated rings. The summed E-state index contributed by atoms with van der Waals surface area (Å²) in [5.41, 5.74) is 8.99. The summed E-state index contributed by atoms with van der Waals surface area (Å²) in [6.07, 6.45) is 1.77. The first kappa shape index (κ1) is 13.4. The number of hydrogen-bond acceptors (Lipinski definition) is 2. The third-order valence-corrected chi connectivity index (χ3v) is 4.14. The van der Waals surface area contributed by atoms with Gasteiger partial charge in [-0.25, -0.2) is 0 Å². The van der Waals surface area contributed by atoms with Crippen molar-refractivity contribution in [2.75, 3.05) is 0 Å². The van der Waals surface area contributed by atoms with Gasteiger partial charge in [0.1, 0.15) is 0 Å². The molecule has 3 aromatic rings. The minimum Gasteiger partial charge on any atom is -0.320 e. The fourth-order valence-electron chi connectivity index (χ4n) is 2.22. The van der Waals surface area contributed by atoms with Crippen LogP contribution >= 0.6 is 23.2 Å². The van der Waals surface area contributed by atoms with Gasteiger partial charge in [-0.15, -0.1) is 0 Å². The molecule has 0 radical (unpaired) electrons. The maximum Gasteiger partial charge on any atom is 0.0705 e. The molecule has 2 N–H and O–H groups in total. The highest BCUT2D eigenvalue weighted by Gasteiger charge is 2.14. The molecule has 4 heteroatoms. The van der Waals surface area contributed by atoms with Crippen LogP contribution in [0.1, 0.15) is 17.2 Å². The summed E-state index contributed by atoms with van der Waals surface area (Å²) in [4.78, 5) is 4.34. The summed E-state index contributed by atoms with van der Waals surface area (Å²) < 4.78 is 0. The van der Waals surface area contributed by atoms with E-state index in [1.165, 1.54) is 0 Å². The number of nitrogens with two attached hydrogens (primary N) is 1. The minimum absolute atomic E-state index is 0.326. The highest BCUT2D eigenvalue weighted by atomic mass is 35.5. The summed E-state index contributed by atoms with van der Waals surface area (Å²) in [5, 5.41) is 2.10. The number of rotatable bonds is 2.